The van der Waals surface area contributed by atoms with Gasteiger partial charge in [0.15, 0.2) is 5.82 Å². The molecule has 4 aromatic rings. The van der Waals surface area contributed by atoms with Crippen LogP contribution in [0.15, 0.2) is 54.7 Å². The van der Waals surface area contributed by atoms with Gasteiger partial charge in [-0.2, -0.15) is 0 Å². The number of aromatic nitrogens is 3. The number of fused-ring (bicyclic) bond motifs is 1. The van der Waals surface area contributed by atoms with Crippen LogP contribution in [0.1, 0.15) is 11.1 Å². The van der Waals surface area contributed by atoms with E-state index in [-0.39, 0.29) is 5.82 Å². The molecule has 6 nitrogen and oxygen atoms in total. The van der Waals surface area contributed by atoms with Gasteiger partial charge in [0.25, 0.3) is 0 Å². The van der Waals surface area contributed by atoms with Gasteiger partial charge in [-0.3, -0.25) is 0 Å². The van der Waals surface area contributed by atoms with Crippen LogP contribution in [0.25, 0.3) is 11.0 Å². The van der Waals surface area contributed by atoms with Gasteiger partial charge in [-0.25, -0.2) is 14.4 Å². The highest BCUT2D eigenvalue weighted by Crippen LogP contribution is 2.26. The van der Waals surface area contributed by atoms with E-state index in [1.807, 2.05) is 41.9 Å². The maximum absolute atomic E-state index is 14.7. The molecule has 2 aromatic carbocycles. The van der Waals surface area contributed by atoms with Crippen molar-refractivity contribution in [2.45, 2.75) is 13.0 Å². The molecule has 0 bridgehead atoms. The topological polar surface area (TPSA) is 61.2 Å². The fourth-order valence-electron chi connectivity index (χ4n) is 3.71. The first kappa shape index (κ1) is 20.7. The summed E-state index contributed by atoms with van der Waals surface area (Å²) in [4.78, 5) is 8.60. The van der Waals surface area contributed by atoms with E-state index < -0.39 is 0 Å². The molecule has 3 heterocycles. The third-order valence-electron chi connectivity index (χ3n) is 5.53. The zero-order valence-electron chi connectivity index (χ0n) is 17.5. The van der Waals surface area contributed by atoms with Crippen molar-refractivity contribution in [3.05, 3.63) is 76.7 Å². The molecule has 32 heavy (non-hydrogen) atoms. The van der Waals surface area contributed by atoms with Gasteiger partial charge >= 0.3 is 0 Å². The van der Waals surface area contributed by atoms with Gasteiger partial charge in [0.2, 0.25) is 11.8 Å². The summed E-state index contributed by atoms with van der Waals surface area (Å²) in [5.41, 5.74) is 3.17. The van der Waals surface area contributed by atoms with Crippen molar-refractivity contribution >= 4 is 28.6 Å². The maximum atomic E-state index is 14.7. The standard InChI is InChI=1S/C24H22ClFN4O2/c1-30-21-10-16(8-17-13-31-14-17)9-20(26)23(21)29-24(30)28-11-15-2-5-19(6-3-15)32-22-7-4-18(25)12-27-22/h2-7,9-10,12,17H,8,11,13-14H2,1H3,(H,28,29). The van der Waals surface area contributed by atoms with Gasteiger partial charge in [0, 0.05) is 31.8 Å². The van der Waals surface area contributed by atoms with Gasteiger partial charge < -0.3 is 19.4 Å². The Morgan fingerprint density at radius 1 is 1.16 bits per heavy atom. The largest absolute Gasteiger partial charge is 0.439 e. The van der Waals surface area contributed by atoms with E-state index in [0.29, 0.717) is 40.6 Å². The molecule has 0 amide bonds. The molecule has 2 aromatic heterocycles. The smallest absolute Gasteiger partial charge is 0.219 e. The molecule has 0 aliphatic carbocycles. The van der Waals surface area contributed by atoms with Gasteiger partial charge in [-0.15, -0.1) is 0 Å². The lowest BCUT2D eigenvalue weighted by Crippen LogP contribution is -2.29. The van der Waals surface area contributed by atoms with E-state index in [2.05, 4.69) is 15.3 Å². The number of rotatable bonds is 7. The second-order valence-electron chi connectivity index (χ2n) is 7.96. The molecule has 0 unspecified atom stereocenters. The molecule has 1 fully saturated rings. The lowest BCUT2D eigenvalue weighted by atomic mass is 9.97. The lowest BCUT2D eigenvalue weighted by molar-refractivity contribution is -0.0312. The minimum absolute atomic E-state index is 0.293. The first-order chi connectivity index (χ1) is 15.5. The SMILES string of the molecule is Cn1c(NCc2ccc(Oc3ccc(Cl)cn3)cc2)nc2c(F)cc(CC3COC3)cc21. The highest BCUT2D eigenvalue weighted by atomic mass is 35.5. The molecule has 1 saturated heterocycles. The van der Waals surface area contributed by atoms with Crippen molar-refractivity contribution in [2.75, 3.05) is 18.5 Å². The van der Waals surface area contributed by atoms with Crippen LogP contribution in [-0.2, 0) is 24.8 Å². The van der Waals surface area contributed by atoms with Crippen LogP contribution in [0, 0.1) is 11.7 Å². The Balaban J connectivity index is 1.26. The van der Waals surface area contributed by atoms with Crippen molar-refractivity contribution < 1.29 is 13.9 Å². The summed E-state index contributed by atoms with van der Waals surface area (Å²) in [6, 6.07) is 14.7. The Bertz CT molecular complexity index is 1240. The molecule has 5 rings (SSSR count). The molecular weight excluding hydrogens is 431 g/mol. The number of pyridine rings is 1. The summed E-state index contributed by atoms with van der Waals surface area (Å²) in [5, 5.41) is 3.86. The van der Waals surface area contributed by atoms with Crippen molar-refractivity contribution in [2.24, 2.45) is 13.0 Å². The number of hydrogen-bond acceptors (Lipinski definition) is 5. The molecule has 164 valence electrons. The van der Waals surface area contributed by atoms with Gasteiger partial charge in [-0.05, 0) is 47.9 Å². The number of ether oxygens (including phenoxy) is 2. The van der Waals surface area contributed by atoms with Gasteiger partial charge in [0.1, 0.15) is 11.3 Å². The molecule has 0 atom stereocenters. The Morgan fingerprint density at radius 2 is 1.97 bits per heavy atom. The summed E-state index contributed by atoms with van der Waals surface area (Å²) in [6.45, 7) is 2.04. The zero-order valence-corrected chi connectivity index (χ0v) is 18.3. The Morgan fingerprint density at radius 3 is 2.66 bits per heavy atom. The number of benzene rings is 2. The Labute approximate surface area is 190 Å². The minimum Gasteiger partial charge on any atom is -0.439 e. The Kier molecular flexibility index (Phi) is 5.68. The summed E-state index contributed by atoms with van der Waals surface area (Å²) in [6.07, 6.45) is 2.36. The van der Waals surface area contributed by atoms with Crippen LogP contribution in [0.4, 0.5) is 10.3 Å². The van der Waals surface area contributed by atoms with E-state index in [0.717, 1.165) is 36.3 Å². The highest BCUT2D eigenvalue weighted by molar-refractivity contribution is 6.30. The average Bonchev–Trinajstić information content (AvgIpc) is 3.08. The van der Waals surface area contributed by atoms with E-state index in [1.165, 1.54) is 0 Å². The highest BCUT2D eigenvalue weighted by Gasteiger charge is 2.20. The van der Waals surface area contributed by atoms with Crippen molar-refractivity contribution in [1.82, 2.24) is 14.5 Å². The summed E-state index contributed by atoms with van der Waals surface area (Å²) in [7, 11) is 1.89. The van der Waals surface area contributed by atoms with Crippen molar-refractivity contribution in [1.29, 1.82) is 0 Å². The molecule has 8 heteroatoms. The molecule has 0 radical (unpaired) electrons. The average molecular weight is 453 g/mol. The summed E-state index contributed by atoms with van der Waals surface area (Å²) in [5.74, 6) is 1.96. The van der Waals surface area contributed by atoms with Crippen LogP contribution in [-0.4, -0.2) is 27.7 Å². The predicted octanol–water partition coefficient (Wildman–Crippen LogP) is 5.35. The third-order valence-corrected chi connectivity index (χ3v) is 5.75. The number of hydrogen-bond donors (Lipinski definition) is 1. The predicted molar refractivity (Wildman–Crippen MR) is 122 cm³/mol. The molecular formula is C24H22ClFN4O2. The van der Waals surface area contributed by atoms with Gasteiger partial charge in [-0.1, -0.05) is 23.7 Å². The molecule has 0 spiro atoms. The normalized spacial score (nSPS) is 13.8. The number of aryl methyl sites for hydroxylation is 1. The van der Waals surface area contributed by atoms with E-state index in [9.17, 15) is 4.39 Å². The van der Waals surface area contributed by atoms with Crippen LogP contribution < -0.4 is 10.1 Å². The van der Waals surface area contributed by atoms with E-state index in [1.54, 1.807) is 24.4 Å². The molecule has 1 aliphatic rings. The Hall–Kier alpha value is -3.16. The monoisotopic (exact) mass is 452 g/mol. The first-order valence-corrected chi connectivity index (χ1v) is 10.8. The van der Waals surface area contributed by atoms with Crippen LogP contribution >= 0.6 is 11.6 Å². The minimum atomic E-state index is -0.293. The number of nitrogens with zero attached hydrogens (tertiary/aromatic N) is 3. The van der Waals surface area contributed by atoms with E-state index in [4.69, 9.17) is 21.1 Å². The molecule has 1 N–H and O–H groups in total. The molecule has 0 saturated carbocycles. The second kappa shape index (κ2) is 8.76. The van der Waals surface area contributed by atoms with Crippen LogP contribution in [0.3, 0.4) is 0 Å². The van der Waals surface area contributed by atoms with Crippen molar-refractivity contribution in [3.63, 3.8) is 0 Å². The van der Waals surface area contributed by atoms with Crippen LogP contribution in [0.5, 0.6) is 11.6 Å². The van der Waals surface area contributed by atoms with E-state index >= 15 is 0 Å². The first-order valence-electron chi connectivity index (χ1n) is 10.4. The number of halogens is 2. The lowest BCUT2D eigenvalue weighted by Gasteiger charge is -2.25. The fraction of sp³-hybridized carbons (Fsp3) is 0.250. The quantitative estimate of drug-likeness (QED) is 0.409. The number of nitrogens with one attached hydrogen (secondary N) is 1. The van der Waals surface area contributed by atoms with Crippen molar-refractivity contribution in [3.8, 4) is 11.6 Å². The van der Waals surface area contributed by atoms with Crippen LogP contribution in [0.2, 0.25) is 5.02 Å². The number of anilines is 1. The third kappa shape index (κ3) is 4.40. The van der Waals surface area contributed by atoms with Gasteiger partial charge in [0.05, 0.1) is 23.8 Å². The summed E-state index contributed by atoms with van der Waals surface area (Å²) >= 11 is 5.85. The molecule has 1 aliphatic heterocycles. The summed E-state index contributed by atoms with van der Waals surface area (Å²) < 4.78 is 27.5. The number of imidazole rings is 1. The second-order valence-corrected chi connectivity index (χ2v) is 8.40. The fourth-order valence-corrected chi connectivity index (χ4v) is 3.82. The zero-order chi connectivity index (χ0) is 22.1. The maximum Gasteiger partial charge on any atom is 0.219 e.